The molecule has 0 bridgehead atoms. The van der Waals surface area contributed by atoms with E-state index in [2.05, 4.69) is 10.3 Å². The molecule has 1 amide bonds. The second kappa shape index (κ2) is 4.61. The number of anilines is 1. The number of nitrogens with zero attached hydrogens (tertiary/aromatic N) is 1. The van der Waals surface area contributed by atoms with Crippen molar-refractivity contribution in [3.05, 3.63) is 24.0 Å². The minimum atomic E-state index is 0.0150. The van der Waals surface area contributed by atoms with Gasteiger partial charge in [0.1, 0.15) is 0 Å². The van der Waals surface area contributed by atoms with Crippen molar-refractivity contribution >= 4 is 11.6 Å². The summed E-state index contributed by atoms with van der Waals surface area (Å²) in [7, 11) is 0. The predicted molar refractivity (Wildman–Crippen MR) is 61.1 cm³/mol. The highest BCUT2D eigenvalue weighted by Crippen LogP contribution is 2.34. The zero-order chi connectivity index (χ0) is 11.5. The number of carbonyl (C=O) groups is 1. The van der Waals surface area contributed by atoms with Crippen LogP contribution in [0.15, 0.2) is 18.3 Å². The summed E-state index contributed by atoms with van der Waals surface area (Å²) < 4.78 is 5.37. The molecule has 0 aliphatic heterocycles. The first-order valence-corrected chi connectivity index (χ1v) is 5.56. The summed E-state index contributed by atoms with van der Waals surface area (Å²) in [6, 6.07) is 3.74. The van der Waals surface area contributed by atoms with Crippen LogP contribution in [0.2, 0.25) is 0 Å². The fourth-order valence-corrected chi connectivity index (χ4v) is 1.62. The average Bonchev–Trinajstić information content (AvgIpc) is 3.01. The average molecular weight is 220 g/mol. The van der Waals surface area contributed by atoms with Crippen LogP contribution in [-0.2, 0) is 9.53 Å². The summed E-state index contributed by atoms with van der Waals surface area (Å²) in [6.07, 6.45) is 2.62. The molecule has 86 valence electrons. The molecule has 1 heterocycles. The minimum absolute atomic E-state index is 0.0150. The Kier molecular flexibility index (Phi) is 3.19. The van der Waals surface area contributed by atoms with E-state index < -0.39 is 0 Å². The highest BCUT2D eigenvalue weighted by molar-refractivity contribution is 5.94. The molecule has 16 heavy (non-hydrogen) atoms. The summed E-state index contributed by atoms with van der Waals surface area (Å²) in [6.45, 7) is 4.52. The van der Waals surface area contributed by atoms with Crippen molar-refractivity contribution in [2.24, 2.45) is 5.92 Å². The SMILES string of the molecule is CCOC1CC1C(=O)Nc1ccc(C)nc1. The lowest BCUT2D eigenvalue weighted by molar-refractivity contribution is -0.118. The third kappa shape index (κ3) is 2.58. The van der Waals surface area contributed by atoms with Crippen LogP contribution in [0.1, 0.15) is 19.0 Å². The standard InChI is InChI=1S/C12H16N2O2/c1-3-16-11-6-10(11)12(15)14-9-5-4-8(2)13-7-9/h4-5,7,10-11H,3,6H2,1-2H3,(H,14,15). The topological polar surface area (TPSA) is 51.2 Å². The van der Waals surface area contributed by atoms with Crippen LogP contribution in [0.4, 0.5) is 5.69 Å². The quantitative estimate of drug-likeness (QED) is 0.841. The third-order valence-corrected chi connectivity index (χ3v) is 2.63. The fourth-order valence-electron chi connectivity index (χ4n) is 1.62. The molecule has 1 N–H and O–H groups in total. The van der Waals surface area contributed by atoms with Crippen LogP contribution in [0.5, 0.6) is 0 Å². The van der Waals surface area contributed by atoms with Crippen molar-refractivity contribution in [1.82, 2.24) is 4.98 Å². The zero-order valence-electron chi connectivity index (χ0n) is 9.56. The summed E-state index contributed by atoms with van der Waals surface area (Å²) in [5.41, 5.74) is 1.69. The number of carbonyl (C=O) groups excluding carboxylic acids is 1. The second-order valence-corrected chi connectivity index (χ2v) is 4.01. The number of pyridine rings is 1. The summed E-state index contributed by atoms with van der Waals surface area (Å²) in [5.74, 6) is 0.0466. The largest absolute Gasteiger partial charge is 0.378 e. The van der Waals surface area contributed by atoms with Gasteiger partial charge in [-0.1, -0.05) is 0 Å². The van der Waals surface area contributed by atoms with Gasteiger partial charge in [0.2, 0.25) is 5.91 Å². The Balaban J connectivity index is 1.86. The van der Waals surface area contributed by atoms with Gasteiger partial charge in [-0.2, -0.15) is 0 Å². The maximum Gasteiger partial charge on any atom is 0.230 e. The van der Waals surface area contributed by atoms with Gasteiger partial charge in [0.15, 0.2) is 0 Å². The molecule has 1 saturated carbocycles. The van der Waals surface area contributed by atoms with Crippen molar-refractivity contribution < 1.29 is 9.53 Å². The van der Waals surface area contributed by atoms with Gasteiger partial charge < -0.3 is 10.1 Å². The van der Waals surface area contributed by atoms with Gasteiger partial charge >= 0.3 is 0 Å². The second-order valence-electron chi connectivity index (χ2n) is 4.01. The van der Waals surface area contributed by atoms with Gasteiger partial charge in [0.05, 0.1) is 23.9 Å². The Morgan fingerprint density at radius 1 is 1.62 bits per heavy atom. The van der Waals surface area contributed by atoms with E-state index in [-0.39, 0.29) is 17.9 Å². The molecule has 0 radical (unpaired) electrons. The molecule has 2 rings (SSSR count). The van der Waals surface area contributed by atoms with E-state index in [0.717, 1.165) is 17.8 Å². The number of hydrogen-bond acceptors (Lipinski definition) is 3. The van der Waals surface area contributed by atoms with E-state index in [4.69, 9.17) is 4.74 Å². The maximum absolute atomic E-state index is 11.7. The molecule has 0 aromatic carbocycles. The summed E-state index contributed by atoms with van der Waals surface area (Å²) >= 11 is 0. The number of hydrogen-bond donors (Lipinski definition) is 1. The molecule has 1 aliphatic rings. The smallest absolute Gasteiger partial charge is 0.230 e. The van der Waals surface area contributed by atoms with E-state index in [1.807, 2.05) is 26.0 Å². The molecular formula is C12H16N2O2. The lowest BCUT2D eigenvalue weighted by Crippen LogP contribution is -2.16. The van der Waals surface area contributed by atoms with Crippen LogP contribution >= 0.6 is 0 Å². The summed E-state index contributed by atoms with van der Waals surface area (Å²) in [4.78, 5) is 15.8. The van der Waals surface area contributed by atoms with Gasteiger partial charge in [0.25, 0.3) is 0 Å². The van der Waals surface area contributed by atoms with E-state index in [9.17, 15) is 4.79 Å². The number of aromatic nitrogens is 1. The maximum atomic E-state index is 11.7. The molecule has 1 aromatic heterocycles. The molecule has 4 nitrogen and oxygen atoms in total. The molecular weight excluding hydrogens is 204 g/mol. The molecule has 2 atom stereocenters. The van der Waals surface area contributed by atoms with Gasteiger partial charge in [-0.05, 0) is 32.4 Å². The molecule has 0 spiro atoms. The van der Waals surface area contributed by atoms with E-state index >= 15 is 0 Å². The first-order chi connectivity index (χ1) is 7.70. The van der Waals surface area contributed by atoms with Crippen molar-refractivity contribution in [2.75, 3.05) is 11.9 Å². The molecule has 4 heteroatoms. The third-order valence-electron chi connectivity index (χ3n) is 2.63. The van der Waals surface area contributed by atoms with Gasteiger partial charge in [-0.3, -0.25) is 9.78 Å². The highest BCUT2D eigenvalue weighted by atomic mass is 16.5. The normalized spacial score (nSPS) is 22.9. The first kappa shape index (κ1) is 11.1. The Labute approximate surface area is 95.0 Å². The lowest BCUT2D eigenvalue weighted by Gasteiger charge is -2.04. The number of nitrogens with one attached hydrogen (secondary N) is 1. The van der Waals surface area contributed by atoms with Gasteiger partial charge in [-0.15, -0.1) is 0 Å². The number of rotatable bonds is 4. The number of ether oxygens (including phenoxy) is 1. The Morgan fingerprint density at radius 3 is 3.06 bits per heavy atom. The predicted octanol–water partition coefficient (Wildman–Crippen LogP) is 1.75. The van der Waals surface area contributed by atoms with Crippen LogP contribution in [-0.4, -0.2) is 23.6 Å². The minimum Gasteiger partial charge on any atom is -0.378 e. The van der Waals surface area contributed by atoms with Gasteiger partial charge in [-0.25, -0.2) is 0 Å². The van der Waals surface area contributed by atoms with Crippen molar-refractivity contribution in [3.8, 4) is 0 Å². The van der Waals surface area contributed by atoms with E-state index in [1.54, 1.807) is 6.20 Å². The Morgan fingerprint density at radius 2 is 2.44 bits per heavy atom. The Hall–Kier alpha value is -1.42. The van der Waals surface area contributed by atoms with Crippen molar-refractivity contribution in [1.29, 1.82) is 0 Å². The fraction of sp³-hybridized carbons (Fsp3) is 0.500. The van der Waals surface area contributed by atoms with Crippen molar-refractivity contribution in [2.45, 2.75) is 26.4 Å². The van der Waals surface area contributed by atoms with Crippen LogP contribution in [0, 0.1) is 12.8 Å². The number of amides is 1. The first-order valence-electron chi connectivity index (χ1n) is 5.56. The summed E-state index contributed by atoms with van der Waals surface area (Å²) in [5, 5.41) is 2.84. The van der Waals surface area contributed by atoms with Crippen LogP contribution < -0.4 is 5.32 Å². The Bertz CT molecular complexity index is 375. The van der Waals surface area contributed by atoms with Crippen molar-refractivity contribution in [3.63, 3.8) is 0 Å². The van der Waals surface area contributed by atoms with Gasteiger partial charge in [0, 0.05) is 12.3 Å². The van der Waals surface area contributed by atoms with Crippen LogP contribution in [0.25, 0.3) is 0 Å². The molecule has 1 fully saturated rings. The molecule has 0 saturated heterocycles. The highest BCUT2D eigenvalue weighted by Gasteiger charge is 2.43. The van der Waals surface area contributed by atoms with E-state index in [1.165, 1.54) is 0 Å². The molecule has 1 aliphatic carbocycles. The molecule has 1 aromatic rings. The lowest BCUT2D eigenvalue weighted by atomic mass is 10.3. The monoisotopic (exact) mass is 220 g/mol. The van der Waals surface area contributed by atoms with E-state index in [0.29, 0.717) is 6.61 Å². The molecule has 2 unspecified atom stereocenters. The van der Waals surface area contributed by atoms with Crippen LogP contribution in [0.3, 0.4) is 0 Å². The zero-order valence-corrected chi connectivity index (χ0v) is 9.56. The number of aryl methyl sites for hydroxylation is 1.